The van der Waals surface area contributed by atoms with Gasteiger partial charge in [-0.2, -0.15) is 8.42 Å². The van der Waals surface area contributed by atoms with E-state index >= 15 is 0 Å². The lowest BCUT2D eigenvalue weighted by atomic mass is 10.1. The molecular formula is C10H10O5S. The van der Waals surface area contributed by atoms with Crippen molar-refractivity contribution in [1.29, 1.82) is 0 Å². The average molecular weight is 242 g/mol. The van der Waals surface area contributed by atoms with Crippen LogP contribution in [0.3, 0.4) is 0 Å². The lowest BCUT2D eigenvalue weighted by Gasteiger charge is -2.01. The second-order valence-corrected chi connectivity index (χ2v) is 4.59. The van der Waals surface area contributed by atoms with E-state index in [1.165, 1.54) is 24.3 Å². The van der Waals surface area contributed by atoms with Crippen molar-refractivity contribution in [2.24, 2.45) is 0 Å². The van der Waals surface area contributed by atoms with Crippen molar-refractivity contribution in [3.8, 4) is 5.75 Å². The predicted octanol–water partition coefficient (Wildman–Crippen LogP) is 0.967. The maximum Gasteiger partial charge on any atom is 0.294 e. The van der Waals surface area contributed by atoms with Crippen LogP contribution in [0.25, 0.3) is 10.8 Å². The van der Waals surface area contributed by atoms with E-state index in [2.05, 4.69) is 0 Å². The molecule has 4 N–H and O–H groups in total. The molecule has 86 valence electrons. The lowest BCUT2D eigenvalue weighted by molar-refractivity contribution is 0.475. The summed E-state index contributed by atoms with van der Waals surface area (Å²) in [5.41, 5.74) is 0. The summed E-state index contributed by atoms with van der Waals surface area (Å²) in [5, 5.41) is 10.6. The molecular weight excluding hydrogens is 232 g/mol. The highest BCUT2D eigenvalue weighted by Crippen LogP contribution is 2.22. The van der Waals surface area contributed by atoms with Gasteiger partial charge in [0, 0.05) is 0 Å². The highest BCUT2D eigenvalue weighted by atomic mass is 32.2. The molecule has 0 atom stereocenters. The van der Waals surface area contributed by atoms with E-state index in [-0.39, 0.29) is 16.1 Å². The Balaban J connectivity index is 0.00000128. The number of phenolic OH excluding ortho intramolecular Hbond substituents is 1. The molecule has 0 radical (unpaired) electrons. The molecule has 0 aliphatic rings. The molecule has 0 spiro atoms. The summed E-state index contributed by atoms with van der Waals surface area (Å²) in [6, 6.07) is 8.80. The van der Waals surface area contributed by atoms with Gasteiger partial charge < -0.3 is 10.6 Å². The van der Waals surface area contributed by atoms with E-state index in [4.69, 9.17) is 4.55 Å². The smallest absolute Gasteiger partial charge is 0.294 e. The van der Waals surface area contributed by atoms with Gasteiger partial charge in [-0.1, -0.05) is 12.1 Å². The summed E-state index contributed by atoms with van der Waals surface area (Å²) in [4.78, 5) is -0.180. The molecule has 2 aromatic carbocycles. The number of aromatic hydroxyl groups is 1. The van der Waals surface area contributed by atoms with Crippen molar-refractivity contribution in [1.82, 2.24) is 0 Å². The Morgan fingerprint density at radius 2 is 1.56 bits per heavy atom. The Kier molecular flexibility index (Phi) is 3.18. The molecule has 0 unspecified atom stereocenters. The van der Waals surface area contributed by atoms with Gasteiger partial charge in [0.05, 0.1) is 4.90 Å². The maximum absolute atomic E-state index is 10.9. The zero-order valence-corrected chi connectivity index (χ0v) is 8.90. The summed E-state index contributed by atoms with van der Waals surface area (Å²) in [7, 11) is -4.19. The van der Waals surface area contributed by atoms with E-state index in [1.807, 2.05) is 0 Å². The summed E-state index contributed by atoms with van der Waals surface area (Å²) in [5.74, 6) is 0.0509. The van der Waals surface area contributed by atoms with Gasteiger partial charge in [0.2, 0.25) is 0 Å². The monoisotopic (exact) mass is 242 g/mol. The van der Waals surface area contributed by atoms with Crippen LogP contribution in [-0.2, 0) is 10.1 Å². The van der Waals surface area contributed by atoms with Gasteiger partial charge in [0.25, 0.3) is 10.1 Å². The van der Waals surface area contributed by atoms with Crippen LogP contribution in [0.15, 0.2) is 41.3 Å². The van der Waals surface area contributed by atoms with Gasteiger partial charge in [-0.15, -0.1) is 0 Å². The van der Waals surface area contributed by atoms with E-state index in [0.29, 0.717) is 5.39 Å². The zero-order chi connectivity index (χ0) is 11.1. The maximum atomic E-state index is 10.9. The second-order valence-electron chi connectivity index (χ2n) is 3.17. The van der Waals surface area contributed by atoms with Crippen LogP contribution < -0.4 is 0 Å². The molecule has 2 aromatic rings. The Bertz CT molecular complexity index is 618. The van der Waals surface area contributed by atoms with Gasteiger partial charge in [0.15, 0.2) is 0 Å². The summed E-state index contributed by atoms with van der Waals surface area (Å²) in [6.45, 7) is 0. The number of fused-ring (bicyclic) bond motifs is 1. The SMILES string of the molecule is O.O=S(=O)(O)c1ccc2ccc(O)cc2c1. The van der Waals surface area contributed by atoms with Gasteiger partial charge >= 0.3 is 0 Å². The van der Waals surface area contributed by atoms with Crippen LogP contribution in [-0.4, -0.2) is 23.6 Å². The summed E-state index contributed by atoms with van der Waals surface area (Å²) >= 11 is 0. The Morgan fingerprint density at radius 1 is 0.938 bits per heavy atom. The first-order valence-electron chi connectivity index (χ1n) is 4.17. The highest BCUT2D eigenvalue weighted by molar-refractivity contribution is 7.85. The molecule has 2 rings (SSSR count). The third-order valence-corrected chi connectivity index (χ3v) is 2.94. The minimum atomic E-state index is -4.19. The standard InChI is InChI=1S/C10H8O4S.H2O/c11-9-3-1-7-2-4-10(15(12,13)14)6-8(7)5-9;/h1-6,11H,(H,12,13,14);1H2. The molecule has 0 heterocycles. The number of hydrogen-bond acceptors (Lipinski definition) is 3. The highest BCUT2D eigenvalue weighted by Gasteiger charge is 2.09. The fourth-order valence-electron chi connectivity index (χ4n) is 1.37. The number of benzene rings is 2. The summed E-state index contributed by atoms with van der Waals surface area (Å²) < 4.78 is 30.5. The van der Waals surface area contributed by atoms with Crippen LogP contribution in [0.4, 0.5) is 0 Å². The number of rotatable bonds is 1. The molecule has 0 bridgehead atoms. The van der Waals surface area contributed by atoms with E-state index in [0.717, 1.165) is 5.39 Å². The molecule has 0 saturated heterocycles. The van der Waals surface area contributed by atoms with Crippen molar-refractivity contribution in [3.63, 3.8) is 0 Å². The number of hydrogen-bond donors (Lipinski definition) is 2. The Hall–Kier alpha value is -1.63. The third-order valence-electron chi connectivity index (χ3n) is 2.09. The van der Waals surface area contributed by atoms with E-state index in [1.54, 1.807) is 12.1 Å². The normalized spacial score (nSPS) is 11.1. The minimum absolute atomic E-state index is 0. The van der Waals surface area contributed by atoms with Crippen LogP contribution in [0.2, 0.25) is 0 Å². The molecule has 6 heteroatoms. The molecule has 0 fully saturated rings. The first kappa shape index (κ1) is 12.4. The van der Waals surface area contributed by atoms with Crippen LogP contribution >= 0.6 is 0 Å². The molecule has 16 heavy (non-hydrogen) atoms. The molecule has 0 aromatic heterocycles. The zero-order valence-electron chi connectivity index (χ0n) is 8.08. The quantitative estimate of drug-likeness (QED) is 0.726. The van der Waals surface area contributed by atoms with Crippen LogP contribution in [0.1, 0.15) is 0 Å². The Labute approximate surface area is 92.0 Å². The van der Waals surface area contributed by atoms with Crippen molar-refractivity contribution in [2.75, 3.05) is 0 Å². The van der Waals surface area contributed by atoms with Gasteiger partial charge in [-0.05, 0) is 35.0 Å². The first-order valence-corrected chi connectivity index (χ1v) is 5.61. The molecule has 5 nitrogen and oxygen atoms in total. The van der Waals surface area contributed by atoms with Crippen molar-refractivity contribution in [2.45, 2.75) is 4.90 Å². The molecule has 0 aliphatic carbocycles. The molecule has 0 saturated carbocycles. The van der Waals surface area contributed by atoms with Crippen molar-refractivity contribution in [3.05, 3.63) is 36.4 Å². The van der Waals surface area contributed by atoms with Gasteiger partial charge in [0.1, 0.15) is 5.75 Å². The predicted molar refractivity (Wildman–Crippen MR) is 59.0 cm³/mol. The summed E-state index contributed by atoms with van der Waals surface area (Å²) in [6.07, 6.45) is 0. The minimum Gasteiger partial charge on any atom is -0.508 e. The van der Waals surface area contributed by atoms with E-state index < -0.39 is 10.1 Å². The topological polar surface area (TPSA) is 106 Å². The van der Waals surface area contributed by atoms with Crippen molar-refractivity contribution >= 4 is 20.9 Å². The largest absolute Gasteiger partial charge is 0.508 e. The molecule has 0 aliphatic heterocycles. The Morgan fingerprint density at radius 3 is 2.19 bits per heavy atom. The lowest BCUT2D eigenvalue weighted by Crippen LogP contribution is -1.97. The fraction of sp³-hybridized carbons (Fsp3) is 0. The van der Waals surface area contributed by atoms with E-state index in [9.17, 15) is 13.5 Å². The van der Waals surface area contributed by atoms with Crippen LogP contribution in [0, 0.1) is 0 Å². The average Bonchev–Trinajstić information content (AvgIpc) is 2.15. The molecule has 0 amide bonds. The second kappa shape index (κ2) is 4.09. The van der Waals surface area contributed by atoms with Gasteiger partial charge in [-0.3, -0.25) is 4.55 Å². The van der Waals surface area contributed by atoms with Gasteiger partial charge in [-0.25, -0.2) is 0 Å². The van der Waals surface area contributed by atoms with Crippen LogP contribution in [0.5, 0.6) is 5.75 Å². The first-order chi connectivity index (χ1) is 6.97. The fourth-order valence-corrected chi connectivity index (χ4v) is 1.89. The number of phenols is 1. The third kappa shape index (κ3) is 2.30. The van der Waals surface area contributed by atoms with Crippen molar-refractivity contribution < 1.29 is 23.6 Å².